The average molecular weight is 390 g/mol. The van der Waals surface area contributed by atoms with Crippen LogP contribution in [0.3, 0.4) is 0 Å². The van der Waals surface area contributed by atoms with Crippen LogP contribution in [0.25, 0.3) is 10.9 Å². The van der Waals surface area contributed by atoms with Crippen LogP contribution in [0.5, 0.6) is 0 Å². The Balaban J connectivity index is 1.91. The molecule has 26 heavy (non-hydrogen) atoms. The van der Waals surface area contributed by atoms with Gasteiger partial charge in [-0.05, 0) is 36.4 Å². The summed E-state index contributed by atoms with van der Waals surface area (Å²) in [6, 6.07) is 13.2. The first kappa shape index (κ1) is 18.3. The molecule has 2 aromatic carbocycles. The number of nitrogens with zero attached hydrogens (tertiary/aromatic N) is 2. The summed E-state index contributed by atoms with van der Waals surface area (Å²) in [6.07, 6.45) is 1.65. The van der Waals surface area contributed by atoms with Crippen molar-refractivity contribution in [1.29, 1.82) is 0 Å². The van der Waals surface area contributed by atoms with Gasteiger partial charge in [-0.1, -0.05) is 23.7 Å². The van der Waals surface area contributed by atoms with Gasteiger partial charge in [0.15, 0.2) is 0 Å². The fourth-order valence-electron chi connectivity index (χ4n) is 2.39. The first-order chi connectivity index (χ1) is 12.3. The Kier molecular flexibility index (Phi) is 4.95. The number of pyridine rings is 1. The van der Waals surface area contributed by atoms with E-state index < -0.39 is 10.0 Å². The Morgan fingerprint density at radius 1 is 1.12 bits per heavy atom. The Morgan fingerprint density at radius 3 is 2.62 bits per heavy atom. The number of carbonyl (C=O) groups excluding carboxylic acids is 1. The number of halogens is 1. The van der Waals surface area contributed by atoms with Crippen LogP contribution in [-0.4, -0.2) is 37.7 Å². The van der Waals surface area contributed by atoms with Crippen molar-refractivity contribution in [3.8, 4) is 0 Å². The summed E-state index contributed by atoms with van der Waals surface area (Å²) in [6.45, 7) is 0. The average Bonchev–Trinajstić information content (AvgIpc) is 2.62. The number of amides is 1. The molecule has 0 radical (unpaired) electrons. The number of fused-ring (bicyclic) bond motifs is 1. The zero-order valence-electron chi connectivity index (χ0n) is 14.1. The second kappa shape index (κ2) is 7.03. The second-order valence-corrected chi connectivity index (χ2v) is 8.33. The fraction of sp³-hybridized carbons (Fsp3) is 0.111. The Bertz CT molecular complexity index is 1100. The molecular formula is C18H16ClN3O3S. The van der Waals surface area contributed by atoms with E-state index in [9.17, 15) is 13.2 Å². The number of carbonyl (C=O) groups is 1. The van der Waals surface area contributed by atoms with E-state index in [1.165, 1.54) is 26.2 Å². The van der Waals surface area contributed by atoms with Gasteiger partial charge in [-0.15, -0.1) is 0 Å². The van der Waals surface area contributed by atoms with Gasteiger partial charge in [0, 0.05) is 36.9 Å². The van der Waals surface area contributed by atoms with E-state index in [4.69, 9.17) is 11.6 Å². The molecule has 1 aromatic heterocycles. The first-order valence-corrected chi connectivity index (χ1v) is 9.49. The quantitative estimate of drug-likeness (QED) is 0.741. The van der Waals surface area contributed by atoms with Gasteiger partial charge in [0.1, 0.15) is 4.90 Å². The normalized spacial score (nSPS) is 11.7. The van der Waals surface area contributed by atoms with E-state index in [0.717, 1.165) is 9.69 Å². The molecule has 3 rings (SSSR count). The van der Waals surface area contributed by atoms with E-state index in [1.807, 2.05) is 12.1 Å². The van der Waals surface area contributed by atoms with Gasteiger partial charge < -0.3 is 5.32 Å². The van der Waals surface area contributed by atoms with Crippen LogP contribution in [0.1, 0.15) is 10.4 Å². The maximum absolute atomic E-state index is 12.5. The number of sulfonamides is 1. The minimum Gasteiger partial charge on any atom is -0.322 e. The number of benzene rings is 2. The second-order valence-electron chi connectivity index (χ2n) is 5.80. The van der Waals surface area contributed by atoms with Gasteiger partial charge in [0.2, 0.25) is 10.0 Å². The Morgan fingerprint density at radius 2 is 1.88 bits per heavy atom. The molecule has 1 N–H and O–H groups in total. The van der Waals surface area contributed by atoms with Crippen molar-refractivity contribution in [1.82, 2.24) is 9.29 Å². The van der Waals surface area contributed by atoms with Crippen molar-refractivity contribution in [2.24, 2.45) is 0 Å². The van der Waals surface area contributed by atoms with Crippen LogP contribution in [-0.2, 0) is 10.0 Å². The zero-order valence-corrected chi connectivity index (χ0v) is 15.7. The molecule has 0 aliphatic heterocycles. The van der Waals surface area contributed by atoms with Crippen molar-refractivity contribution in [3.05, 3.63) is 65.3 Å². The van der Waals surface area contributed by atoms with Gasteiger partial charge in [-0.3, -0.25) is 9.78 Å². The molecule has 1 amide bonds. The van der Waals surface area contributed by atoms with Crippen molar-refractivity contribution in [2.45, 2.75) is 4.90 Å². The van der Waals surface area contributed by atoms with Gasteiger partial charge in [-0.25, -0.2) is 12.7 Å². The maximum atomic E-state index is 12.5. The number of hydrogen-bond donors (Lipinski definition) is 1. The number of nitrogens with one attached hydrogen (secondary N) is 1. The van der Waals surface area contributed by atoms with E-state index in [0.29, 0.717) is 16.8 Å². The molecule has 0 saturated heterocycles. The summed E-state index contributed by atoms with van der Waals surface area (Å²) in [5.41, 5.74) is 1.45. The lowest BCUT2D eigenvalue weighted by Gasteiger charge is -2.14. The smallest absolute Gasteiger partial charge is 0.255 e. The Hall–Kier alpha value is -2.48. The van der Waals surface area contributed by atoms with Crippen molar-refractivity contribution >= 4 is 44.1 Å². The van der Waals surface area contributed by atoms with Crippen LogP contribution in [0, 0.1) is 0 Å². The van der Waals surface area contributed by atoms with Crippen LogP contribution in [0.15, 0.2) is 59.6 Å². The lowest BCUT2D eigenvalue weighted by Crippen LogP contribution is -2.23. The molecular weight excluding hydrogens is 374 g/mol. The molecule has 0 aliphatic rings. The molecule has 0 spiro atoms. The molecule has 0 fully saturated rings. The molecule has 0 atom stereocenters. The van der Waals surface area contributed by atoms with Gasteiger partial charge in [0.05, 0.1) is 10.5 Å². The number of rotatable bonds is 4. The largest absolute Gasteiger partial charge is 0.322 e. The van der Waals surface area contributed by atoms with Crippen LogP contribution >= 0.6 is 11.6 Å². The standard InChI is InChI=1S/C18H16ClN3O3S/c1-22(2)26(24,25)17-11-14(7-8-15(17)19)21-18(23)13-6-5-12-4-3-9-20-16(12)10-13/h3-11H,1-2H3,(H,21,23). The van der Waals surface area contributed by atoms with Crippen molar-refractivity contribution in [2.75, 3.05) is 19.4 Å². The SMILES string of the molecule is CN(C)S(=O)(=O)c1cc(NC(=O)c2ccc3cccnc3c2)ccc1Cl. The molecule has 134 valence electrons. The minimum absolute atomic E-state index is 0.0675. The molecule has 1 heterocycles. The van der Waals surface area contributed by atoms with Crippen molar-refractivity contribution < 1.29 is 13.2 Å². The summed E-state index contributed by atoms with van der Waals surface area (Å²) in [5.74, 6) is -0.368. The first-order valence-electron chi connectivity index (χ1n) is 7.67. The highest BCUT2D eigenvalue weighted by molar-refractivity contribution is 7.89. The Labute approximate surface area is 156 Å². The van der Waals surface area contributed by atoms with Crippen molar-refractivity contribution in [3.63, 3.8) is 0 Å². The zero-order chi connectivity index (χ0) is 18.9. The number of aromatic nitrogens is 1. The van der Waals surface area contributed by atoms with Gasteiger partial charge in [-0.2, -0.15) is 0 Å². The van der Waals surface area contributed by atoms with E-state index in [-0.39, 0.29) is 15.8 Å². The predicted octanol–water partition coefficient (Wildman–Crippen LogP) is 3.39. The molecule has 0 saturated carbocycles. The highest BCUT2D eigenvalue weighted by atomic mass is 35.5. The van der Waals surface area contributed by atoms with Crippen LogP contribution in [0.4, 0.5) is 5.69 Å². The summed E-state index contributed by atoms with van der Waals surface area (Å²) < 4.78 is 25.7. The molecule has 0 unspecified atom stereocenters. The third-order valence-corrected chi connectivity index (χ3v) is 6.11. The topological polar surface area (TPSA) is 79.4 Å². The third kappa shape index (κ3) is 3.55. The van der Waals surface area contributed by atoms with E-state index in [2.05, 4.69) is 10.3 Å². The molecule has 0 aliphatic carbocycles. The molecule has 6 nitrogen and oxygen atoms in total. The lowest BCUT2D eigenvalue weighted by molar-refractivity contribution is 0.102. The van der Waals surface area contributed by atoms with Gasteiger partial charge in [0.25, 0.3) is 5.91 Å². The van der Waals surface area contributed by atoms with Crippen LogP contribution < -0.4 is 5.32 Å². The summed E-state index contributed by atoms with van der Waals surface area (Å²) in [7, 11) is -0.888. The van der Waals surface area contributed by atoms with Crippen LogP contribution in [0.2, 0.25) is 5.02 Å². The molecule has 0 bridgehead atoms. The molecule has 8 heteroatoms. The highest BCUT2D eigenvalue weighted by Crippen LogP contribution is 2.27. The summed E-state index contributed by atoms with van der Waals surface area (Å²) >= 11 is 6.02. The predicted molar refractivity (Wildman–Crippen MR) is 102 cm³/mol. The number of hydrogen-bond acceptors (Lipinski definition) is 4. The number of anilines is 1. The van der Waals surface area contributed by atoms with E-state index in [1.54, 1.807) is 30.5 Å². The van der Waals surface area contributed by atoms with Gasteiger partial charge >= 0.3 is 0 Å². The van der Waals surface area contributed by atoms with E-state index >= 15 is 0 Å². The minimum atomic E-state index is -3.72. The molecule has 3 aromatic rings. The monoisotopic (exact) mass is 389 g/mol. The fourth-order valence-corrected chi connectivity index (χ4v) is 3.78. The lowest BCUT2D eigenvalue weighted by atomic mass is 10.1. The highest BCUT2D eigenvalue weighted by Gasteiger charge is 2.21. The maximum Gasteiger partial charge on any atom is 0.255 e. The summed E-state index contributed by atoms with van der Waals surface area (Å²) in [4.78, 5) is 16.7. The third-order valence-electron chi connectivity index (χ3n) is 3.82. The summed E-state index contributed by atoms with van der Waals surface area (Å²) in [5, 5.41) is 3.71.